The highest BCUT2D eigenvalue weighted by molar-refractivity contribution is 6.15. The van der Waals surface area contributed by atoms with E-state index >= 15 is 0 Å². The highest BCUT2D eigenvalue weighted by Gasteiger charge is 2.33. The van der Waals surface area contributed by atoms with Gasteiger partial charge in [0.2, 0.25) is 5.91 Å². The number of ketones is 1. The summed E-state index contributed by atoms with van der Waals surface area (Å²) in [5, 5.41) is 9.60. The number of amides is 1. The monoisotopic (exact) mass is 661 g/mol. The Labute approximate surface area is 285 Å². The maximum Gasteiger partial charge on any atom is 0.304 e. The van der Waals surface area contributed by atoms with Crippen LogP contribution < -0.4 is 0 Å². The van der Waals surface area contributed by atoms with E-state index < -0.39 is 41.6 Å². The Hall–Kier alpha value is -3.87. The average Bonchev–Trinajstić information content (AvgIpc) is 3.07. The van der Waals surface area contributed by atoms with Gasteiger partial charge in [-0.25, -0.2) is 8.78 Å². The Kier molecular flexibility index (Phi) is 17.6. The van der Waals surface area contributed by atoms with Crippen LogP contribution in [-0.2, 0) is 14.4 Å². The van der Waals surface area contributed by atoms with Crippen molar-refractivity contribution >= 4 is 29.8 Å². The molecule has 1 fully saturated rings. The predicted octanol–water partition coefficient (Wildman–Crippen LogP) is 10.4. The van der Waals surface area contributed by atoms with Crippen molar-refractivity contribution in [2.45, 2.75) is 110 Å². The van der Waals surface area contributed by atoms with Crippen molar-refractivity contribution in [1.82, 2.24) is 4.90 Å². The molecule has 2 aromatic carbocycles. The van der Waals surface area contributed by atoms with Crippen LogP contribution >= 0.6 is 0 Å². The molecule has 1 N–H and O–H groups in total. The van der Waals surface area contributed by atoms with E-state index in [4.69, 9.17) is 0 Å². The van der Waals surface area contributed by atoms with Crippen LogP contribution in [0.25, 0.3) is 12.2 Å². The van der Waals surface area contributed by atoms with E-state index in [9.17, 15) is 28.3 Å². The van der Waals surface area contributed by atoms with E-state index in [-0.39, 0.29) is 35.4 Å². The Bertz CT molecular complexity index is 1350. The lowest BCUT2D eigenvalue weighted by atomic mass is 9.92. The molecule has 0 saturated carbocycles. The first kappa shape index (κ1) is 38.6. The molecular formula is C41H53F2NO4. The van der Waals surface area contributed by atoms with Gasteiger partial charge in [0, 0.05) is 35.4 Å². The number of allylic oxidation sites excluding steroid dienone is 1. The number of hydrogen-bond donors (Lipinski definition) is 1. The molecule has 1 saturated heterocycles. The van der Waals surface area contributed by atoms with E-state index in [0.717, 1.165) is 19.3 Å². The molecule has 0 bridgehead atoms. The minimum atomic E-state index is -1.10. The molecule has 3 rings (SSSR count). The molecule has 7 heteroatoms. The van der Waals surface area contributed by atoms with E-state index in [1.54, 1.807) is 30.3 Å². The molecule has 5 nitrogen and oxygen atoms in total. The molecule has 0 spiro atoms. The second kappa shape index (κ2) is 21.9. The summed E-state index contributed by atoms with van der Waals surface area (Å²) in [5.41, 5.74) is 0.719. The topological polar surface area (TPSA) is 74.7 Å². The highest BCUT2D eigenvalue weighted by Crippen LogP contribution is 2.26. The van der Waals surface area contributed by atoms with Crippen molar-refractivity contribution in [3.05, 3.63) is 94.6 Å². The third-order valence-electron chi connectivity index (χ3n) is 8.89. The third kappa shape index (κ3) is 13.7. The van der Waals surface area contributed by atoms with Gasteiger partial charge in [0.25, 0.3) is 0 Å². The Morgan fingerprint density at radius 1 is 0.729 bits per heavy atom. The lowest BCUT2D eigenvalue weighted by molar-refractivity contribution is -0.143. The zero-order valence-corrected chi connectivity index (χ0v) is 28.6. The molecule has 0 radical (unpaired) electrons. The number of carboxylic acid groups (broad SMARTS) is 1. The van der Waals surface area contributed by atoms with Crippen molar-refractivity contribution in [1.29, 1.82) is 0 Å². The molecule has 0 aliphatic carbocycles. The number of Topliss-reactive ketones (excluding diaryl/α,β-unsaturated/α-hetero) is 1. The zero-order chi connectivity index (χ0) is 34.6. The molecule has 48 heavy (non-hydrogen) atoms. The number of carbonyl (C=O) groups is 3. The number of carboxylic acids is 1. The van der Waals surface area contributed by atoms with Gasteiger partial charge in [-0.05, 0) is 37.1 Å². The Morgan fingerprint density at radius 3 is 1.60 bits per heavy atom. The fourth-order valence-electron chi connectivity index (χ4n) is 6.13. The van der Waals surface area contributed by atoms with Gasteiger partial charge in [0.15, 0.2) is 5.78 Å². The van der Waals surface area contributed by atoms with Crippen LogP contribution in [0.3, 0.4) is 0 Å². The van der Waals surface area contributed by atoms with Crippen LogP contribution in [0.15, 0.2) is 71.8 Å². The molecule has 1 heterocycles. The van der Waals surface area contributed by atoms with Crippen molar-refractivity contribution in [2.75, 3.05) is 13.1 Å². The number of nitrogens with zero attached hydrogens (tertiary/aromatic N) is 1. The third-order valence-corrected chi connectivity index (χ3v) is 8.89. The smallest absolute Gasteiger partial charge is 0.304 e. The lowest BCUT2D eigenvalue weighted by Gasteiger charge is -2.32. The summed E-state index contributed by atoms with van der Waals surface area (Å²) >= 11 is 0. The lowest BCUT2D eigenvalue weighted by Crippen LogP contribution is -2.44. The van der Waals surface area contributed by atoms with Crippen LogP contribution in [0.2, 0.25) is 0 Å². The fraction of sp³-hybridized carbons (Fsp3) is 0.488. The van der Waals surface area contributed by atoms with E-state index in [2.05, 4.69) is 6.92 Å². The van der Waals surface area contributed by atoms with Crippen LogP contribution in [0.1, 0.15) is 121 Å². The van der Waals surface area contributed by atoms with Crippen LogP contribution in [0, 0.1) is 17.6 Å². The molecule has 1 aliphatic heterocycles. The van der Waals surface area contributed by atoms with Gasteiger partial charge in [-0.2, -0.15) is 0 Å². The number of benzene rings is 2. The number of hydrogen-bond acceptors (Lipinski definition) is 3. The van der Waals surface area contributed by atoms with Crippen LogP contribution in [0.5, 0.6) is 0 Å². The summed E-state index contributed by atoms with van der Waals surface area (Å²) in [6.07, 6.45) is 24.5. The first-order valence-electron chi connectivity index (χ1n) is 17.9. The molecule has 1 amide bonds. The molecule has 0 aromatic heterocycles. The van der Waals surface area contributed by atoms with Crippen LogP contribution in [-0.4, -0.2) is 40.8 Å². The first-order chi connectivity index (χ1) is 23.3. The molecular weight excluding hydrogens is 608 g/mol. The standard InChI is InChI=1S/C41H53F2NO4/c1-2-3-4-5-6-7-8-9-10-11-12-13-14-15-16-17-24-34(29-39(45)46)41(48)44-30-35(27-32-22-18-20-25-37(32)42)40(47)36(31-44)28-33-23-19-21-26-38(33)43/h17-28,34H,2-16,29-31H2,1H3,(H,45,46)/b24-17+,35-27-,36-28+. The van der Waals surface area contributed by atoms with Gasteiger partial charge < -0.3 is 10.0 Å². The summed E-state index contributed by atoms with van der Waals surface area (Å²) in [6, 6.07) is 12.0. The van der Waals surface area contributed by atoms with Gasteiger partial charge in [0.1, 0.15) is 11.6 Å². The van der Waals surface area contributed by atoms with Crippen molar-refractivity contribution < 1.29 is 28.3 Å². The summed E-state index contributed by atoms with van der Waals surface area (Å²) in [7, 11) is 0. The van der Waals surface area contributed by atoms with Gasteiger partial charge in [-0.3, -0.25) is 14.4 Å². The number of rotatable bonds is 21. The second-order valence-electron chi connectivity index (χ2n) is 12.9. The number of piperidine rings is 1. The molecule has 1 atom stereocenters. The summed E-state index contributed by atoms with van der Waals surface area (Å²) in [4.78, 5) is 40.4. The molecule has 260 valence electrons. The molecule has 2 aromatic rings. The van der Waals surface area contributed by atoms with E-state index in [0.29, 0.717) is 0 Å². The molecule has 1 aliphatic rings. The van der Waals surface area contributed by atoms with Crippen molar-refractivity contribution in [2.24, 2.45) is 5.92 Å². The molecule has 1 unspecified atom stereocenters. The van der Waals surface area contributed by atoms with Gasteiger partial charge in [-0.15, -0.1) is 0 Å². The van der Waals surface area contributed by atoms with E-state index in [1.807, 2.05) is 6.08 Å². The zero-order valence-electron chi connectivity index (χ0n) is 28.6. The first-order valence-corrected chi connectivity index (χ1v) is 17.9. The number of aliphatic carboxylic acids is 1. The number of carbonyl (C=O) groups excluding carboxylic acids is 2. The maximum atomic E-state index is 14.5. The Morgan fingerprint density at radius 2 is 1.17 bits per heavy atom. The SMILES string of the molecule is CCCCCCCCCCCCCCCC/C=C/C(CC(=O)O)C(=O)N1C/C(=C/c2ccccc2F)C(=O)/C(=C/c2ccccc2F)C1. The Balaban J connectivity index is 1.57. The largest absolute Gasteiger partial charge is 0.481 e. The van der Waals surface area contributed by atoms with Crippen molar-refractivity contribution in [3.63, 3.8) is 0 Å². The fourth-order valence-corrected chi connectivity index (χ4v) is 6.13. The number of halogens is 2. The van der Waals surface area contributed by atoms with Gasteiger partial charge >= 0.3 is 5.97 Å². The number of likely N-dealkylation sites (tertiary alicyclic amines) is 1. The summed E-state index contributed by atoms with van der Waals surface area (Å²) < 4.78 is 29.0. The van der Waals surface area contributed by atoms with Gasteiger partial charge in [-0.1, -0.05) is 139 Å². The predicted molar refractivity (Wildman–Crippen MR) is 190 cm³/mol. The maximum absolute atomic E-state index is 14.5. The van der Waals surface area contributed by atoms with Gasteiger partial charge in [0.05, 0.1) is 12.3 Å². The van der Waals surface area contributed by atoms with Crippen molar-refractivity contribution in [3.8, 4) is 0 Å². The second-order valence-corrected chi connectivity index (χ2v) is 12.9. The average molecular weight is 662 g/mol. The normalized spacial score (nSPS) is 15.9. The summed E-state index contributed by atoms with van der Waals surface area (Å²) in [6.45, 7) is 2.03. The minimum Gasteiger partial charge on any atom is -0.481 e. The minimum absolute atomic E-state index is 0.108. The van der Waals surface area contributed by atoms with E-state index in [1.165, 1.54) is 118 Å². The number of unbranched alkanes of at least 4 members (excludes halogenated alkanes) is 14. The highest BCUT2D eigenvalue weighted by atomic mass is 19.1. The van der Waals surface area contributed by atoms with Crippen LogP contribution in [0.4, 0.5) is 8.78 Å². The summed E-state index contributed by atoms with van der Waals surface area (Å²) in [5.74, 6) is -3.92. The quantitative estimate of drug-likeness (QED) is 0.0821.